The molecular weight excluding hydrogens is 256 g/mol. The smallest absolute Gasteiger partial charge is 0.220 e. The third kappa shape index (κ3) is 2.49. The summed E-state index contributed by atoms with van der Waals surface area (Å²) < 4.78 is 0. The zero-order valence-electron chi connectivity index (χ0n) is 11.3. The first kappa shape index (κ1) is 17.6. The van der Waals surface area contributed by atoms with Crippen molar-refractivity contribution in [2.75, 3.05) is 0 Å². The van der Waals surface area contributed by atoms with Crippen molar-refractivity contribution in [3.8, 4) is 0 Å². The molecule has 0 aliphatic rings. The van der Waals surface area contributed by atoms with Crippen LogP contribution in [0.1, 0.15) is 34.1 Å². The van der Waals surface area contributed by atoms with Crippen LogP contribution in [-0.2, 0) is 19.2 Å². The number of hydrogen-bond donors (Lipinski definition) is 3. The molecule has 108 valence electrons. The van der Waals surface area contributed by atoms with Gasteiger partial charge in [-0.2, -0.15) is 0 Å². The van der Waals surface area contributed by atoms with E-state index in [9.17, 15) is 34.5 Å². The number of carbonyl (C=O) groups excluding carboxylic acids is 4. The molecule has 0 bridgehead atoms. The average Bonchev–Trinajstić information content (AvgIpc) is 2.33. The second-order valence-corrected chi connectivity index (χ2v) is 4.38. The Bertz CT molecular complexity index is 428. The summed E-state index contributed by atoms with van der Waals surface area (Å²) in [6.07, 6.45) is -2.74. The molecule has 0 aliphatic heterocycles. The summed E-state index contributed by atoms with van der Waals surface area (Å²) in [5, 5.41) is 30.1. The molecule has 0 aromatic carbocycles. The maximum Gasteiger partial charge on any atom is 0.220 e. The highest BCUT2D eigenvalue weighted by Gasteiger charge is 2.65. The summed E-state index contributed by atoms with van der Waals surface area (Å²) in [4.78, 5) is 46.0. The van der Waals surface area contributed by atoms with Crippen molar-refractivity contribution < 1.29 is 34.5 Å². The first-order chi connectivity index (χ1) is 8.47. The molecule has 7 nitrogen and oxygen atoms in total. The van der Waals surface area contributed by atoms with Crippen LogP contribution >= 0.6 is 0 Å². The van der Waals surface area contributed by atoms with E-state index in [4.69, 9.17) is 0 Å². The molecule has 0 fully saturated rings. The zero-order chi connectivity index (χ0) is 15.6. The first-order valence-corrected chi connectivity index (χ1v) is 5.66. The minimum Gasteiger partial charge on any atom is -0.382 e. The largest absolute Gasteiger partial charge is 0.382 e. The fourth-order valence-electron chi connectivity index (χ4n) is 1.87. The number of hydrogen-bond acceptors (Lipinski definition) is 7. The molecule has 3 N–H and O–H groups in total. The predicted octanol–water partition coefficient (Wildman–Crippen LogP) is -1.44. The van der Waals surface area contributed by atoms with E-state index in [-0.39, 0.29) is 6.42 Å². The molecule has 0 amide bonds. The second-order valence-electron chi connectivity index (χ2n) is 4.38. The van der Waals surface area contributed by atoms with Crippen molar-refractivity contribution in [3.63, 3.8) is 0 Å². The fraction of sp³-hybridized carbons (Fsp3) is 0.667. The van der Waals surface area contributed by atoms with E-state index in [1.165, 1.54) is 6.92 Å². The molecule has 0 spiro atoms. The van der Waals surface area contributed by atoms with Crippen molar-refractivity contribution >= 4 is 23.1 Å². The lowest BCUT2D eigenvalue weighted by Crippen LogP contribution is -2.72. The summed E-state index contributed by atoms with van der Waals surface area (Å²) in [7, 11) is 0. The van der Waals surface area contributed by atoms with Gasteiger partial charge in [0.05, 0.1) is 0 Å². The molecule has 0 saturated heterocycles. The molecule has 0 aromatic rings. The Hall–Kier alpha value is -1.44. The van der Waals surface area contributed by atoms with Gasteiger partial charge in [-0.3, -0.25) is 19.2 Å². The van der Waals surface area contributed by atoms with Gasteiger partial charge < -0.3 is 15.3 Å². The minimum absolute atomic E-state index is 0.365. The van der Waals surface area contributed by atoms with E-state index >= 15 is 0 Å². The van der Waals surface area contributed by atoms with Gasteiger partial charge in [0.1, 0.15) is 0 Å². The Morgan fingerprint density at radius 3 is 1.63 bits per heavy atom. The summed E-state index contributed by atoms with van der Waals surface area (Å²) in [6.45, 7) is 3.71. The van der Waals surface area contributed by atoms with Crippen LogP contribution in [-0.4, -0.2) is 55.8 Å². The summed E-state index contributed by atoms with van der Waals surface area (Å²) in [5.74, 6) is -4.69. The van der Waals surface area contributed by atoms with E-state index < -0.39 is 40.4 Å². The van der Waals surface area contributed by atoms with E-state index in [0.29, 0.717) is 0 Å². The van der Waals surface area contributed by atoms with Crippen LogP contribution in [0.15, 0.2) is 0 Å². The molecule has 0 aliphatic carbocycles. The quantitative estimate of drug-likeness (QED) is 0.484. The number of ketones is 4. The van der Waals surface area contributed by atoms with Crippen LogP contribution in [0.25, 0.3) is 0 Å². The number of carbonyl (C=O) groups is 4. The number of rotatable bonds is 7. The highest BCUT2D eigenvalue weighted by molar-refractivity contribution is 6.16. The lowest BCUT2D eigenvalue weighted by molar-refractivity contribution is -0.204. The Kier molecular flexibility index (Phi) is 5.25. The second kappa shape index (κ2) is 5.68. The monoisotopic (exact) mass is 274 g/mol. The molecule has 0 rings (SSSR count). The molecule has 3 atom stereocenters. The summed E-state index contributed by atoms with van der Waals surface area (Å²) in [5.41, 5.74) is -6.35. The minimum atomic E-state index is -3.20. The number of aliphatic hydroxyl groups is 3. The first-order valence-electron chi connectivity index (χ1n) is 5.66. The maximum atomic E-state index is 11.7. The molecular formula is C12H18O7. The Morgan fingerprint density at radius 1 is 1.00 bits per heavy atom. The lowest BCUT2D eigenvalue weighted by Gasteiger charge is -2.40. The van der Waals surface area contributed by atoms with Crippen LogP contribution in [0.2, 0.25) is 0 Å². The summed E-state index contributed by atoms with van der Waals surface area (Å²) in [6, 6.07) is 0. The van der Waals surface area contributed by atoms with Crippen molar-refractivity contribution in [1.29, 1.82) is 0 Å². The van der Waals surface area contributed by atoms with Gasteiger partial charge in [-0.1, -0.05) is 6.92 Å². The van der Waals surface area contributed by atoms with Gasteiger partial charge in [-0.25, -0.2) is 0 Å². The van der Waals surface area contributed by atoms with Crippen LogP contribution < -0.4 is 0 Å². The van der Waals surface area contributed by atoms with Gasteiger partial charge in [0.25, 0.3) is 0 Å². The van der Waals surface area contributed by atoms with E-state index in [2.05, 4.69) is 0 Å². The van der Waals surface area contributed by atoms with Gasteiger partial charge in [0.15, 0.2) is 34.8 Å². The van der Waals surface area contributed by atoms with E-state index in [0.717, 1.165) is 20.8 Å². The van der Waals surface area contributed by atoms with Crippen LogP contribution in [0.3, 0.4) is 0 Å². The van der Waals surface area contributed by atoms with Gasteiger partial charge in [-0.15, -0.1) is 0 Å². The predicted molar refractivity (Wildman–Crippen MR) is 63.2 cm³/mol. The summed E-state index contributed by atoms with van der Waals surface area (Å²) >= 11 is 0. The van der Waals surface area contributed by atoms with Crippen molar-refractivity contribution in [2.24, 2.45) is 0 Å². The van der Waals surface area contributed by atoms with Crippen LogP contribution in [0.5, 0.6) is 0 Å². The SMILES string of the molecule is CCC(=O)C(O)(C(C)=O)C(O)(C(C)=O)C(O)C(C)=O. The number of Topliss-reactive ketones (excluding diaryl/α,β-unsaturated/α-hetero) is 4. The Morgan fingerprint density at radius 2 is 1.42 bits per heavy atom. The van der Waals surface area contributed by atoms with Crippen molar-refractivity contribution in [2.45, 2.75) is 51.4 Å². The molecule has 3 unspecified atom stereocenters. The van der Waals surface area contributed by atoms with Gasteiger partial charge in [-0.05, 0) is 20.8 Å². The molecule has 0 aromatic heterocycles. The van der Waals surface area contributed by atoms with Gasteiger partial charge in [0.2, 0.25) is 5.60 Å². The van der Waals surface area contributed by atoms with Crippen molar-refractivity contribution in [3.05, 3.63) is 0 Å². The molecule has 0 radical (unpaired) electrons. The standard InChI is InChI=1S/C12H18O7/c1-5-9(16)11(18,7(3)14)12(19,8(4)15)10(17)6(2)13/h10,17-19H,5H2,1-4H3. The van der Waals surface area contributed by atoms with Crippen LogP contribution in [0, 0.1) is 0 Å². The molecule has 0 saturated carbocycles. The fourth-order valence-corrected chi connectivity index (χ4v) is 1.87. The van der Waals surface area contributed by atoms with Gasteiger partial charge in [0, 0.05) is 6.42 Å². The zero-order valence-corrected chi connectivity index (χ0v) is 11.3. The number of aliphatic hydroxyl groups excluding tert-OH is 1. The van der Waals surface area contributed by atoms with Gasteiger partial charge >= 0.3 is 0 Å². The highest BCUT2D eigenvalue weighted by Crippen LogP contribution is 2.31. The highest BCUT2D eigenvalue weighted by atomic mass is 16.4. The topological polar surface area (TPSA) is 129 Å². The lowest BCUT2D eigenvalue weighted by atomic mass is 9.70. The average molecular weight is 274 g/mol. The van der Waals surface area contributed by atoms with Crippen LogP contribution in [0.4, 0.5) is 0 Å². The Labute approximate surface area is 110 Å². The normalized spacial score (nSPS) is 18.9. The van der Waals surface area contributed by atoms with E-state index in [1.54, 1.807) is 0 Å². The van der Waals surface area contributed by atoms with E-state index in [1.807, 2.05) is 0 Å². The molecule has 19 heavy (non-hydrogen) atoms. The van der Waals surface area contributed by atoms with Crippen molar-refractivity contribution in [1.82, 2.24) is 0 Å². The third-order valence-corrected chi connectivity index (χ3v) is 3.10. The third-order valence-electron chi connectivity index (χ3n) is 3.10. The molecule has 0 heterocycles. The maximum absolute atomic E-state index is 11.7. The Balaban J connectivity index is 6.25. The molecule has 7 heteroatoms.